The number of ether oxygens (including phenoxy) is 1. The lowest BCUT2D eigenvalue weighted by atomic mass is 10.2. The molecule has 0 spiro atoms. The predicted octanol–water partition coefficient (Wildman–Crippen LogP) is 1.90. The van der Waals surface area contributed by atoms with Crippen LogP contribution >= 0.6 is 11.3 Å². The Kier molecular flexibility index (Phi) is 3.36. The average Bonchev–Trinajstić information content (AvgIpc) is 2.42. The highest BCUT2D eigenvalue weighted by atomic mass is 32.1. The zero-order valence-electron chi connectivity index (χ0n) is 8.90. The van der Waals surface area contributed by atoms with E-state index < -0.39 is 11.6 Å². The normalized spacial score (nSPS) is 11.5. The van der Waals surface area contributed by atoms with Crippen molar-refractivity contribution in [2.45, 2.75) is 26.4 Å². The van der Waals surface area contributed by atoms with E-state index in [1.54, 1.807) is 19.9 Å². The minimum Gasteiger partial charge on any atom is -0.489 e. The lowest BCUT2D eigenvalue weighted by molar-refractivity contribution is 0.0278. The van der Waals surface area contributed by atoms with Crippen molar-refractivity contribution in [2.24, 2.45) is 0 Å². The van der Waals surface area contributed by atoms with Gasteiger partial charge in [-0.15, -0.1) is 11.3 Å². The summed E-state index contributed by atoms with van der Waals surface area (Å²) in [5.74, 6) is -0.675. The summed E-state index contributed by atoms with van der Waals surface area (Å²) in [5.41, 5.74) is -0.967. The van der Waals surface area contributed by atoms with Gasteiger partial charge in [0.1, 0.15) is 12.4 Å². The van der Waals surface area contributed by atoms with Crippen LogP contribution in [0.25, 0.3) is 0 Å². The average molecular weight is 230 g/mol. The minimum absolute atomic E-state index is 0.0729. The number of aryl methyl sites for hydroxylation is 1. The Bertz CT molecular complexity index is 362. The third-order valence-electron chi connectivity index (χ3n) is 1.60. The first kappa shape index (κ1) is 12.0. The van der Waals surface area contributed by atoms with Gasteiger partial charge in [0.05, 0.1) is 5.60 Å². The lowest BCUT2D eigenvalue weighted by Crippen LogP contribution is -2.28. The first-order valence-electron chi connectivity index (χ1n) is 4.48. The molecule has 0 saturated heterocycles. The molecule has 5 heteroatoms. The molecule has 4 nitrogen and oxygen atoms in total. The molecule has 0 aliphatic carbocycles. The van der Waals surface area contributed by atoms with E-state index in [-0.39, 0.29) is 11.5 Å². The number of carbonyl (C=O) groups is 1. The van der Waals surface area contributed by atoms with Crippen LogP contribution in [0, 0.1) is 6.92 Å². The van der Waals surface area contributed by atoms with Crippen LogP contribution in [0.5, 0.6) is 5.75 Å². The number of carboxylic acid groups (broad SMARTS) is 1. The molecular weight excluding hydrogens is 216 g/mol. The highest BCUT2D eigenvalue weighted by Gasteiger charge is 2.19. The summed E-state index contributed by atoms with van der Waals surface area (Å²) < 4.78 is 5.26. The zero-order valence-corrected chi connectivity index (χ0v) is 9.72. The molecule has 0 bridgehead atoms. The predicted molar refractivity (Wildman–Crippen MR) is 57.8 cm³/mol. The summed E-state index contributed by atoms with van der Waals surface area (Å²) >= 11 is 1.17. The summed E-state index contributed by atoms with van der Waals surface area (Å²) in [6, 6.07) is 1.67. The molecule has 1 aromatic rings. The molecule has 0 saturated carbocycles. The van der Waals surface area contributed by atoms with Gasteiger partial charge in [0.15, 0.2) is 4.88 Å². The number of carboxylic acids is 1. The molecule has 0 aliphatic rings. The fourth-order valence-electron chi connectivity index (χ4n) is 1.00. The fraction of sp³-hybridized carbons (Fsp3) is 0.500. The van der Waals surface area contributed by atoms with Crippen molar-refractivity contribution >= 4 is 17.3 Å². The third kappa shape index (κ3) is 3.53. The van der Waals surface area contributed by atoms with Gasteiger partial charge in [0, 0.05) is 4.88 Å². The summed E-state index contributed by atoms with van der Waals surface area (Å²) in [6.45, 7) is 5.09. The quantitative estimate of drug-likeness (QED) is 0.829. The molecule has 1 heterocycles. The van der Waals surface area contributed by atoms with E-state index >= 15 is 0 Å². The number of hydrogen-bond donors (Lipinski definition) is 2. The zero-order chi connectivity index (χ0) is 11.6. The first-order chi connectivity index (χ1) is 6.79. The molecule has 2 N–H and O–H groups in total. The highest BCUT2D eigenvalue weighted by molar-refractivity contribution is 7.14. The first-order valence-corrected chi connectivity index (χ1v) is 5.30. The van der Waals surface area contributed by atoms with Crippen LogP contribution in [-0.2, 0) is 0 Å². The monoisotopic (exact) mass is 230 g/mol. The molecule has 84 valence electrons. The van der Waals surface area contributed by atoms with Gasteiger partial charge in [-0.2, -0.15) is 0 Å². The van der Waals surface area contributed by atoms with Gasteiger partial charge < -0.3 is 14.9 Å². The fourth-order valence-corrected chi connectivity index (χ4v) is 1.80. The van der Waals surface area contributed by atoms with Crippen molar-refractivity contribution < 1.29 is 19.7 Å². The van der Waals surface area contributed by atoms with Crippen molar-refractivity contribution in [1.29, 1.82) is 0 Å². The maximum absolute atomic E-state index is 10.8. The molecule has 1 aromatic heterocycles. The second-order valence-electron chi connectivity index (χ2n) is 3.96. The molecule has 0 atom stereocenters. The number of thiophene rings is 1. The Morgan fingerprint density at radius 2 is 2.20 bits per heavy atom. The Labute approximate surface area is 92.1 Å². The summed E-state index contributed by atoms with van der Waals surface area (Å²) in [7, 11) is 0. The van der Waals surface area contributed by atoms with E-state index in [1.165, 1.54) is 11.3 Å². The summed E-state index contributed by atoms with van der Waals surface area (Å²) in [6.07, 6.45) is 0. The Balaban J connectivity index is 2.80. The Hall–Kier alpha value is -1.07. The number of rotatable bonds is 4. The molecule has 15 heavy (non-hydrogen) atoms. The van der Waals surface area contributed by atoms with Gasteiger partial charge in [-0.05, 0) is 26.8 Å². The van der Waals surface area contributed by atoms with E-state index in [0.29, 0.717) is 5.75 Å². The van der Waals surface area contributed by atoms with Crippen LogP contribution in [0.3, 0.4) is 0 Å². The van der Waals surface area contributed by atoms with E-state index in [1.807, 2.05) is 6.92 Å². The van der Waals surface area contributed by atoms with Crippen molar-refractivity contribution in [1.82, 2.24) is 0 Å². The van der Waals surface area contributed by atoms with Crippen LogP contribution in [-0.4, -0.2) is 28.4 Å². The maximum atomic E-state index is 10.8. The van der Waals surface area contributed by atoms with E-state index in [2.05, 4.69) is 0 Å². The summed E-state index contributed by atoms with van der Waals surface area (Å²) in [5, 5.41) is 18.3. The largest absolute Gasteiger partial charge is 0.489 e. The minimum atomic E-state index is -1.00. The van der Waals surface area contributed by atoms with Crippen molar-refractivity contribution in [2.75, 3.05) is 6.61 Å². The molecule has 0 unspecified atom stereocenters. The molecule has 1 rings (SSSR count). The van der Waals surface area contributed by atoms with Crippen molar-refractivity contribution in [3.8, 4) is 5.75 Å². The lowest BCUT2D eigenvalue weighted by Gasteiger charge is -2.17. The number of aliphatic hydroxyl groups is 1. The van der Waals surface area contributed by atoms with Gasteiger partial charge in [0.2, 0.25) is 0 Å². The second-order valence-corrected chi connectivity index (χ2v) is 5.21. The topological polar surface area (TPSA) is 66.8 Å². The van der Waals surface area contributed by atoms with Gasteiger partial charge in [0.25, 0.3) is 0 Å². The molecule has 0 fully saturated rings. The number of aromatic carboxylic acids is 1. The van der Waals surface area contributed by atoms with Crippen LogP contribution in [0.15, 0.2) is 6.07 Å². The summed E-state index contributed by atoms with van der Waals surface area (Å²) in [4.78, 5) is 11.9. The second kappa shape index (κ2) is 4.20. The van der Waals surface area contributed by atoms with E-state index in [9.17, 15) is 9.90 Å². The van der Waals surface area contributed by atoms with Crippen LogP contribution in [0.4, 0.5) is 0 Å². The van der Waals surface area contributed by atoms with Crippen LogP contribution in [0.2, 0.25) is 0 Å². The molecule has 0 aromatic carbocycles. The van der Waals surface area contributed by atoms with Gasteiger partial charge in [-0.25, -0.2) is 4.79 Å². The molecule has 0 radical (unpaired) electrons. The molecule has 0 amide bonds. The van der Waals surface area contributed by atoms with Gasteiger partial charge >= 0.3 is 5.97 Å². The third-order valence-corrected chi connectivity index (χ3v) is 2.62. The van der Waals surface area contributed by atoms with E-state index in [4.69, 9.17) is 9.84 Å². The number of hydrogen-bond acceptors (Lipinski definition) is 4. The van der Waals surface area contributed by atoms with Gasteiger partial charge in [-0.3, -0.25) is 0 Å². The molecule has 0 aliphatic heterocycles. The van der Waals surface area contributed by atoms with Crippen molar-refractivity contribution in [3.63, 3.8) is 0 Å². The Morgan fingerprint density at radius 3 is 2.67 bits per heavy atom. The van der Waals surface area contributed by atoms with Crippen LogP contribution in [0.1, 0.15) is 28.4 Å². The van der Waals surface area contributed by atoms with Gasteiger partial charge in [-0.1, -0.05) is 0 Å². The standard InChI is InChI=1S/C10H14O4S/c1-6-4-7(8(15-6)9(11)12)14-5-10(2,3)13/h4,13H,5H2,1-3H3,(H,11,12). The van der Waals surface area contributed by atoms with Crippen molar-refractivity contribution in [3.05, 3.63) is 15.8 Å². The Morgan fingerprint density at radius 1 is 1.60 bits per heavy atom. The highest BCUT2D eigenvalue weighted by Crippen LogP contribution is 2.29. The maximum Gasteiger partial charge on any atom is 0.349 e. The van der Waals surface area contributed by atoms with E-state index in [0.717, 1.165) is 4.88 Å². The molecular formula is C10H14O4S. The SMILES string of the molecule is Cc1cc(OCC(C)(C)O)c(C(=O)O)s1. The smallest absolute Gasteiger partial charge is 0.349 e. The van der Waals surface area contributed by atoms with Crippen LogP contribution < -0.4 is 4.74 Å².